The molecule has 1 atom stereocenters. The van der Waals surface area contributed by atoms with Gasteiger partial charge in [-0.2, -0.15) is 8.42 Å². The van der Waals surface area contributed by atoms with Crippen molar-refractivity contribution in [3.63, 3.8) is 0 Å². The van der Waals surface area contributed by atoms with Crippen LogP contribution in [-0.4, -0.2) is 21.1 Å². The van der Waals surface area contributed by atoms with Gasteiger partial charge in [0, 0.05) is 10.6 Å². The molecule has 3 aromatic rings. The minimum atomic E-state index is -3.91. The Hall–Kier alpha value is -2.41. The largest absolute Gasteiger partial charge is 0.487 e. The standard InChI is InChI=1S/C23H20ClFO4S/c1-15-6-11-18(12-7-15)30(26,27)28-14-17-10-8-16-9-13-21(25)22(23(16)29-17)19-4-2-3-5-20(19)24/h2-7,9,11-13,17H,8,10,14H2,1H3/t17-/m1/s1. The summed E-state index contributed by atoms with van der Waals surface area (Å²) in [6, 6.07) is 16.5. The molecule has 0 unspecified atom stereocenters. The van der Waals surface area contributed by atoms with E-state index in [1.807, 2.05) is 6.92 Å². The third-order valence-electron chi connectivity index (χ3n) is 5.07. The van der Waals surface area contributed by atoms with Crippen LogP contribution in [-0.2, 0) is 20.7 Å². The van der Waals surface area contributed by atoms with Gasteiger partial charge >= 0.3 is 0 Å². The van der Waals surface area contributed by atoms with Crippen molar-refractivity contribution in [1.29, 1.82) is 0 Å². The van der Waals surface area contributed by atoms with Gasteiger partial charge in [0.15, 0.2) is 0 Å². The maximum absolute atomic E-state index is 14.7. The van der Waals surface area contributed by atoms with E-state index in [1.54, 1.807) is 42.5 Å². The summed E-state index contributed by atoms with van der Waals surface area (Å²) in [6.45, 7) is 1.72. The van der Waals surface area contributed by atoms with E-state index in [-0.39, 0.29) is 17.1 Å². The molecule has 30 heavy (non-hydrogen) atoms. The van der Waals surface area contributed by atoms with Crippen molar-refractivity contribution in [3.8, 4) is 16.9 Å². The predicted molar refractivity (Wildman–Crippen MR) is 114 cm³/mol. The van der Waals surface area contributed by atoms with Gasteiger partial charge in [0.2, 0.25) is 0 Å². The van der Waals surface area contributed by atoms with E-state index in [1.165, 1.54) is 18.2 Å². The lowest BCUT2D eigenvalue weighted by molar-refractivity contribution is 0.113. The Labute approximate surface area is 180 Å². The van der Waals surface area contributed by atoms with Gasteiger partial charge in [-0.05, 0) is 49.6 Å². The Morgan fingerprint density at radius 1 is 1.10 bits per heavy atom. The van der Waals surface area contributed by atoms with Crippen molar-refractivity contribution in [2.24, 2.45) is 0 Å². The molecule has 0 fully saturated rings. The smallest absolute Gasteiger partial charge is 0.297 e. The van der Waals surface area contributed by atoms with E-state index in [4.69, 9.17) is 20.5 Å². The lowest BCUT2D eigenvalue weighted by Gasteiger charge is -2.28. The molecular formula is C23H20ClFO4S. The van der Waals surface area contributed by atoms with Crippen LogP contribution in [0.1, 0.15) is 17.5 Å². The SMILES string of the molecule is Cc1ccc(S(=O)(=O)OC[C@H]2CCc3ccc(F)c(-c4ccccc4Cl)c3O2)cc1. The van der Waals surface area contributed by atoms with Gasteiger partial charge in [-0.1, -0.05) is 53.6 Å². The Kier molecular flexibility index (Phi) is 5.82. The topological polar surface area (TPSA) is 52.6 Å². The molecule has 0 N–H and O–H groups in total. The van der Waals surface area contributed by atoms with E-state index in [2.05, 4.69) is 0 Å². The number of rotatable bonds is 5. The maximum atomic E-state index is 14.7. The Balaban J connectivity index is 1.57. The second-order valence-corrected chi connectivity index (χ2v) is 9.24. The number of hydrogen-bond donors (Lipinski definition) is 0. The fourth-order valence-corrected chi connectivity index (χ4v) is 4.61. The van der Waals surface area contributed by atoms with Gasteiger partial charge in [0.25, 0.3) is 10.1 Å². The van der Waals surface area contributed by atoms with Crippen LogP contribution in [0.4, 0.5) is 4.39 Å². The van der Waals surface area contributed by atoms with Crippen LogP contribution in [0.25, 0.3) is 11.1 Å². The first kappa shape index (κ1) is 20.8. The normalized spacial score (nSPS) is 16.0. The summed E-state index contributed by atoms with van der Waals surface area (Å²) in [5.74, 6) is -0.0635. The van der Waals surface area contributed by atoms with Crippen molar-refractivity contribution < 1.29 is 21.7 Å². The van der Waals surface area contributed by atoms with E-state index < -0.39 is 22.0 Å². The number of halogens is 2. The highest BCUT2D eigenvalue weighted by Gasteiger charge is 2.28. The third kappa shape index (κ3) is 4.21. The van der Waals surface area contributed by atoms with Crippen molar-refractivity contribution in [2.75, 3.05) is 6.61 Å². The molecule has 0 radical (unpaired) electrons. The van der Waals surface area contributed by atoms with Crippen LogP contribution in [0.15, 0.2) is 65.6 Å². The Bertz CT molecular complexity index is 1180. The maximum Gasteiger partial charge on any atom is 0.297 e. The highest BCUT2D eigenvalue weighted by molar-refractivity contribution is 7.86. The highest BCUT2D eigenvalue weighted by atomic mass is 35.5. The second kappa shape index (κ2) is 8.38. The molecule has 1 heterocycles. The summed E-state index contributed by atoms with van der Waals surface area (Å²) in [6.07, 6.45) is 0.649. The Morgan fingerprint density at radius 3 is 2.57 bits per heavy atom. The predicted octanol–water partition coefficient (Wildman–Crippen LogP) is 5.55. The summed E-state index contributed by atoms with van der Waals surface area (Å²) in [4.78, 5) is 0.0899. The first-order valence-corrected chi connectivity index (χ1v) is 11.3. The molecule has 0 aromatic heterocycles. The minimum Gasteiger partial charge on any atom is -0.487 e. The number of aryl methyl sites for hydroxylation is 2. The molecule has 1 aliphatic rings. The quantitative estimate of drug-likeness (QED) is 0.482. The lowest BCUT2D eigenvalue weighted by Crippen LogP contribution is -2.29. The molecule has 4 rings (SSSR count). The molecular weight excluding hydrogens is 427 g/mol. The average Bonchev–Trinajstić information content (AvgIpc) is 2.73. The van der Waals surface area contributed by atoms with E-state index in [0.717, 1.165) is 11.1 Å². The van der Waals surface area contributed by atoms with Gasteiger partial charge in [-0.3, -0.25) is 4.18 Å². The van der Waals surface area contributed by atoms with Crippen LogP contribution < -0.4 is 4.74 Å². The highest BCUT2D eigenvalue weighted by Crippen LogP contribution is 2.42. The lowest BCUT2D eigenvalue weighted by atomic mass is 9.95. The van der Waals surface area contributed by atoms with Crippen LogP contribution >= 0.6 is 11.6 Å². The van der Waals surface area contributed by atoms with Crippen molar-refractivity contribution in [1.82, 2.24) is 0 Å². The van der Waals surface area contributed by atoms with Crippen LogP contribution in [0.5, 0.6) is 5.75 Å². The Morgan fingerprint density at radius 2 is 1.83 bits per heavy atom. The first-order valence-electron chi connectivity index (χ1n) is 9.54. The number of hydrogen-bond acceptors (Lipinski definition) is 4. The number of fused-ring (bicyclic) bond motifs is 1. The zero-order chi connectivity index (χ0) is 21.3. The summed E-state index contributed by atoms with van der Waals surface area (Å²) >= 11 is 6.28. The molecule has 0 aliphatic carbocycles. The number of benzene rings is 3. The zero-order valence-electron chi connectivity index (χ0n) is 16.3. The van der Waals surface area contributed by atoms with Crippen LogP contribution in [0.2, 0.25) is 5.02 Å². The summed E-state index contributed by atoms with van der Waals surface area (Å²) < 4.78 is 50.9. The molecule has 0 amide bonds. The molecule has 1 aliphatic heterocycles. The molecule has 156 valence electrons. The molecule has 0 bridgehead atoms. The van der Waals surface area contributed by atoms with Gasteiger partial charge in [-0.15, -0.1) is 0 Å². The van der Waals surface area contributed by atoms with Crippen LogP contribution in [0, 0.1) is 12.7 Å². The van der Waals surface area contributed by atoms with Gasteiger partial charge in [0.05, 0.1) is 10.5 Å². The van der Waals surface area contributed by atoms with Gasteiger partial charge < -0.3 is 4.74 Å². The van der Waals surface area contributed by atoms with Crippen LogP contribution in [0.3, 0.4) is 0 Å². The molecule has 7 heteroatoms. The van der Waals surface area contributed by atoms with Gasteiger partial charge in [0.1, 0.15) is 24.3 Å². The van der Waals surface area contributed by atoms with E-state index >= 15 is 0 Å². The molecule has 0 spiro atoms. The fourth-order valence-electron chi connectivity index (χ4n) is 3.45. The van der Waals surface area contributed by atoms with Crippen molar-refractivity contribution >= 4 is 21.7 Å². The zero-order valence-corrected chi connectivity index (χ0v) is 17.8. The third-order valence-corrected chi connectivity index (χ3v) is 6.70. The summed E-state index contributed by atoms with van der Waals surface area (Å²) in [7, 11) is -3.91. The fraction of sp³-hybridized carbons (Fsp3) is 0.217. The molecule has 0 saturated heterocycles. The molecule has 3 aromatic carbocycles. The monoisotopic (exact) mass is 446 g/mol. The molecule has 4 nitrogen and oxygen atoms in total. The molecule has 0 saturated carbocycles. The minimum absolute atomic E-state index is 0.0899. The van der Waals surface area contributed by atoms with Crippen molar-refractivity contribution in [3.05, 3.63) is 82.6 Å². The number of ether oxygens (including phenoxy) is 1. The first-order chi connectivity index (χ1) is 14.3. The summed E-state index contributed by atoms with van der Waals surface area (Å²) in [5.41, 5.74) is 2.62. The second-order valence-electron chi connectivity index (χ2n) is 7.22. The van der Waals surface area contributed by atoms with E-state index in [9.17, 15) is 12.8 Å². The van der Waals surface area contributed by atoms with E-state index in [0.29, 0.717) is 29.2 Å². The van der Waals surface area contributed by atoms with Gasteiger partial charge in [-0.25, -0.2) is 4.39 Å². The average molecular weight is 447 g/mol. The summed E-state index contributed by atoms with van der Waals surface area (Å²) in [5, 5.41) is 0.411. The van der Waals surface area contributed by atoms with Crippen molar-refractivity contribution in [2.45, 2.75) is 30.8 Å².